The molecule has 0 bridgehead atoms. The molecule has 2 aliphatic rings. The number of alkyl halides is 1. The Morgan fingerprint density at radius 2 is 2.23 bits per heavy atom. The van der Waals surface area contributed by atoms with Crippen LogP contribution < -0.4 is 5.32 Å². The molecule has 1 aromatic heterocycles. The van der Waals surface area contributed by atoms with Crippen LogP contribution in [0.2, 0.25) is 0 Å². The number of rotatable bonds is 6. The van der Waals surface area contributed by atoms with Crippen molar-refractivity contribution in [1.82, 2.24) is 14.9 Å². The van der Waals surface area contributed by atoms with Crippen LogP contribution >= 0.6 is 18.5 Å². The number of aliphatic imine (C=N–C) groups is 1. The first-order valence-corrected chi connectivity index (χ1v) is 12.4. The van der Waals surface area contributed by atoms with Crippen molar-refractivity contribution in [3.8, 4) is 0 Å². The average molecular weight is 403 g/mol. The van der Waals surface area contributed by atoms with E-state index in [2.05, 4.69) is 34.9 Å². The summed E-state index contributed by atoms with van der Waals surface area (Å²) in [6.07, 6.45) is 5.66. The van der Waals surface area contributed by atoms with E-state index in [9.17, 15) is 5.11 Å². The molecule has 3 heterocycles. The largest absolute Gasteiger partial charge is 0.389 e. The first-order chi connectivity index (χ1) is 12.2. The van der Waals surface area contributed by atoms with E-state index in [1.165, 1.54) is 0 Å². The van der Waals surface area contributed by atoms with Crippen molar-refractivity contribution < 1.29 is 14.6 Å². The lowest BCUT2D eigenvalue weighted by molar-refractivity contribution is -0.0186. The van der Waals surface area contributed by atoms with Crippen LogP contribution in [0.25, 0.3) is 0 Å². The summed E-state index contributed by atoms with van der Waals surface area (Å²) in [5, 5.41) is 13.1. The summed E-state index contributed by atoms with van der Waals surface area (Å²) in [6, 6.07) is 0. The predicted molar refractivity (Wildman–Crippen MR) is 107 cm³/mol. The maximum absolute atomic E-state index is 10.5. The lowest BCUT2D eigenvalue weighted by Crippen LogP contribution is -2.32. The molecule has 2 N–H and O–H groups in total. The molecule has 0 aromatic carbocycles. The molecule has 0 amide bonds. The Labute approximate surface area is 159 Å². The van der Waals surface area contributed by atoms with Gasteiger partial charge < -0.3 is 19.9 Å². The lowest BCUT2D eigenvalue weighted by atomic mass is 10.1. The minimum Gasteiger partial charge on any atom is -0.389 e. The minimum absolute atomic E-state index is 0.309. The van der Waals surface area contributed by atoms with Gasteiger partial charge in [0, 0.05) is 6.61 Å². The average Bonchev–Trinajstić information content (AvgIpc) is 3.08. The molecule has 7 nitrogen and oxygen atoms in total. The molecule has 5 atom stereocenters. The Morgan fingerprint density at radius 1 is 1.50 bits per heavy atom. The van der Waals surface area contributed by atoms with Crippen molar-refractivity contribution >= 4 is 36.4 Å². The number of aliphatic hydroxyl groups excluding tert-OH is 1. The maximum atomic E-state index is 10.5. The molecule has 0 aliphatic carbocycles. The zero-order valence-electron chi connectivity index (χ0n) is 15.7. The van der Waals surface area contributed by atoms with E-state index < -0.39 is 24.6 Å². The lowest BCUT2D eigenvalue weighted by Gasteiger charge is -2.24. The van der Waals surface area contributed by atoms with E-state index in [-0.39, 0.29) is 12.3 Å². The van der Waals surface area contributed by atoms with E-state index in [1.54, 1.807) is 10.9 Å². The van der Waals surface area contributed by atoms with Gasteiger partial charge in [0.2, 0.25) is 0 Å². The van der Waals surface area contributed by atoms with Crippen LogP contribution in [-0.2, 0) is 9.47 Å². The van der Waals surface area contributed by atoms with E-state index in [4.69, 9.17) is 21.1 Å². The van der Waals surface area contributed by atoms with E-state index in [0.717, 1.165) is 18.4 Å². The van der Waals surface area contributed by atoms with Crippen LogP contribution in [0, 0.1) is 0 Å². The van der Waals surface area contributed by atoms with Crippen molar-refractivity contribution in [3.63, 3.8) is 0 Å². The van der Waals surface area contributed by atoms with Crippen LogP contribution in [0.15, 0.2) is 11.3 Å². The highest BCUT2D eigenvalue weighted by Gasteiger charge is 2.45. The second-order valence-corrected chi connectivity index (χ2v) is 12.3. The third kappa shape index (κ3) is 4.02. The summed E-state index contributed by atoms with van der Waals surface area (Å²) in [7, 11) is 0. The molecule has 0 saturated carbocycles. The van der Waals surface area contributed by atoms with Gasteiger partial charge in [-0.2, -0.15) is 0 Å². The molecule has 1 saturated heterocycles. The first kappa shape index (κ1) is 19.9. The third-order valence-electron chi connectivity index (χ3n) is 4.58. The molecular weight excluding hydrogens is 375 g/mol. The van der Waals surface area contributed by atoms with Crippen molar-refractivity contribution in [2.45, 2.75) is 50.3 Å². The van der Waals surface area contributed by atoms with E-state index >= 15 is 0 Å². The molecule has 0 spiro atoms. The quantitative estimate of drug-likeness (QED) is 0.564. The van der Waals surface area contributed by atoms with Crippen LogP contribution in [0.1, 0.15) is 38.4 Å². The standard InChI is InChI=1S/C17H28ClN4O3P/c1-6-24-16-13-15(20-10(2)21-16)22(9-19-13)17-12(18)14(23)11(25-17)7-8-26(3,4)5/h9,11-12,14,16-17,23H,3,6-8H2,1-2,4-5H3,(H,20,21)/t11-,12-,14-,16?,17-/m1/s1. The van der Waals surface area contributed by atoms with Gasteiger partial charge in [-0.05, 0) is 39.8 Å². The van der Waals surface area contributed by atoms with E-state index in [1.807, 2.05) is 13.8 Å². The number of imidazole rings is 1. The van der Waals surface area contributed by atoms with Gasteiger partial charge >= 0.3 is 0 Å². The molecule has 9 heteroatoms. The number of fused-ring (bicyclic) bond motifs is 1. The number of hydrogen-bond acceptors (Lipinski definition) is 6. The number of aliphatic hydroxyl groups is 1. The summed E-state index contributed by atoms with van der Waals surface area (Å²) in [4.78, 5) is 9.00. The van der Waals surface area contributed by atoms with Gasteiger partial charge in [-0.25, -0.2) is 9.98 Å². The van der Waals surface area contributed by atoms with Gasteiger partial charge in [0.15, 0.2) is 18.3 Å². The summed E-state index contributed by atoms with van der Waals surface area (Å²) in [5.41, 5.74) is 0.702. The molecule has 0 radical (unpaired) electrons. The number of ether oxygens (including phenoxy) is 2. The first-order valence-electron chi connectivity index (χ1n) is 8.86. The SMILES string of the molecule is C=P(C)(C)CC[C@H]1O[C@@H](n2cnc3c2N=C(C)NC3OCC)[C@H](Cl)[C@@H]1O. The number of halogens is 1. The second-order valence-electron chi connectivity index (χ2n) is 7.49. The Morgan fingerprint density at radius 3 is 2.88 bits per heavy atom. The number of aromatic nitrogens is 2. The van der Waals surface area contributed by atoms with Gasteiger partial charge in [0.1, 0.15) is 23.0 Å². The zero-order valence-corrected chi connectivity index (χ0v) is 17.4. The Hall–Kier alpha value is -0.850. The molecule has 2 aliphatic heterocycles. The predicted octanol–water partition coefficient (Wildman–Crippen LogP) is 2.54. The monoisotopic (exact) mass is 402 g/mol. The fourth-order valence-corrected chi connectivity index (χ4v) is 4.53. The summed E-state index contributed by atoms with van der Waals surface area (Å²) < 4.78 is 13.6. The Balaban J connectivity index is 1.83. The van der Waals surface area contributed by atoms with E-state index in [0.29, 0.717) is 18.1 Å². The zero-order chi connectivity index (χ0) is 19.1. The molecule has 146 valence electrons. The summed E-state index contributed by atoms with van der Waals surface area (Å²) in [6.45, 7) is 7.52. The summed E-state index contributed by atoms with van der Waals surface area (Å²) in [5.74, 6) is 1.40. The molecule has 1 fully saturated rings. The molecule has 1 unspecified atom stereocenters. The van der Waals surface area contributed by atoms with Gasteiger partial charge in [0.05, 0.1) is 12.4 Å². The topological polar surface area (TPSA) is 80.9 Å². The minimum atomic E-state index is -1.19. The highest BCUT2D eigenvalue weighted by molar-refractivity contribution is 7.72. The number of nitrogens with one attached hydrogen (secondary N) is 1. The second kappa shape index (κ2) is 7.64. The summed E-state index contributed by atoms with van der Waals surface area (Å²) >= 11 is 6.52. The van der Waals surface area contributed by atoms with Crippen LogP contribution in [0.3, 0.4) is 0 Å². The number of hydrogen-bond donors (Lipinski definition) is 2. The van der Waals surface area contributed by atoms with Crippen molar-refractivity contribution in [2.24, 2.45) is 4.99 Å². The highest BCUT2D eigenvalue weighted by atomic mass is 35.5. The maximum Gasteiger partial charge on any atom is 0.175 e. The third-order valence-corrected chi connectivity index (χ3v) is 6.52. The Bertz CT molecular complexity index is 732. The van der Waals surface area contributed by atoms with Crippen LogP contribution in [0.5, 0.6) is 0 Å². The number of amidine groups is 1. The fourth-order valence-electron chi connectivity index (χ4n) is 3.23. The van der Waals surface area contributed by atoms with Gasteiger partial charge in [-0.1, -0.05) is 0 Å². The molecule has 26 heavy (non-hydrogen) atoms. The smallest absolute Gasteiger partial charge is 0.175 e. The van der Waals surface area contributed by atoms with Crippen LogP contribution in [0.4, 0.5) is 5.82 Å². The van der Waals surface area contributed by atoms with Crippen molar-refractivity contribution in [3.05, 3.63) is 12.0 Å². The molecule has 1 aromatic rings. The molecular formula is C17H28ClN4O3P. The Kier molecular flexibility index (Phi) is 5.85. The fraction of sp³-hybridized carbons (Fsp3) is 0.706. The van der Waals surface area contributed by atoms with Gasteiger partial charge in [-0.15, -0.1) is 24.8 Å². The number of nitrogens with zero attached hydrogens (tertiary/aromatic N) is 3. The van der Waals surface area contributed by atoms with Gasteiger partial charge in [-0.3, -0.25) is 4.57 Å². The highest BCUT2D eigenvalue weighted by Crippen LogP contribution is 2.42. The van der Waals surface area contributed by atoms with Gasteiger partial charge in [0.25, 0.3) is 0 Å². The van der Waals surface area contributed by atoms with Crippen molar-refractivity contribution in [2.75, 3.05) is 26.1 Å². The normalized spacial score (nSPS) is 31.5. The van der Waals surface area contributed by atoms with Crippen LogP contribution in [-0.4, -0.2) is 70.5 Å². The van der Waals surface area contributed by atoms with Crippen molar-refractivity contribution in [1.29, 1.82) is 0 Å². The molecule has 3 rings (SSSR count).